The number of fused-ring (bicyclic) bond motifs is 1. The van der Waals surface area contributed by atoms with Gasteiger partial charge in [-0.25, -0.2) is 0 Å². The average molecular weight is 343 g/mol. The van der Waals surface area contributed by atoms with Crippen LogP contribution in [0.4, 0.5) is 0 Å². The van der Waals surface area contributed by atoms with Crippen LogP contribution in [-0.4, -0.2) is 53.8 Å². The quantitative estimate of drug-likeness (QED) is 0.877. The number of rotatable bonds is 6. The van der Waals surface area contributed by atoms with Gasteiger partial charge in [-0.1, -0.05) is 25.1 Å². The second kappa shape index (κ2) is 7.58. The molecule has 0 aliphatic carbocycles. The van der Waals surface area contributed by atoms with Gasteiger partial charge in [-0.15, -0.1) is 0 Å². The molecular weight excluding hydrogens is 314 g/mol. The zero-order chi connectivity index (χ0) is 17.9. The molecule has 5 nitrogen and oxygen atoms in total. The van der Waals surface area contributed by atoms with Gasteiger partial charge in [0.25, 0.3) is 5.91 Å². The van der Waals surface area contributed by atoms with Gasteiger partial charge in [-0.3, -0.25) is 9.69 Å². The Morgan fingerprint density at radius 3 is 2.64 bits per heavy atom. The number of aromatic nitrogens is 1. The van der Waals surface area contributed by atoms with Crippen LogP contribution >= 0.6 is 0 Å². The fourth-order valence-corrected chi connectivity index (χ4v) is 3.62. The molecule has 1 atom stereocenters. The van der Waals surface area contributed by atoms with E-state index in [4.69, 9.17) is 4.74 Å². The summed E-state index contributed by atoms with van der Waals surface area (Å²) < 4.78 is 7.60. The SMILES string of the molecule is CCn1cc(C(=O)NC[C@@](C)(CC)N2CCOCC2)c2ccccc21. The van der Waals surface area contributed by atoms with Crippen molar-refractivity contribution in [2.24, 2.45) is 0 Å². The summed E-state index contributed by atoms with van der Waals surface area (Å²) in [6, 6.07) is 8.10. The Morgan fingerprint density at radius 2 is 1.96 bits per heavy atom. The number of amides is 1. The van der Waals surface area contributed by atoms with E-state index < -0.39 is 0 Å². The Labute approximate surface area is 149 Å². The van der Waals surface area contributed by atoms with E-state index >= 15 is 0 Å². The van der Waals surface area contributed by atoms with Gasteiger partial charge in [-0.2, -0.15) is 0 Å². The van der Waals surface area contributed by atoms with Crippen molar-refractivity contribution in [3.8, 4) is 0 Å². The molecule has 136 valence electrons. The van der Waals surface area contributed by atoms with Crippen LogP contribution in [-0.2, 0) is 11.3 Å². The number of hydrogen-bond acceptors (Lipinski definition) is 3. The lowest BCUT2D eigenvalue weighted by Gasteiger charge is -2.43. The average Bonchev–Trinajstić information content (AvgIpc) is 3.05. The number of morpholine rings is 1. The van der Waals surface area contributed by atoms with Crippen molar-refractivity contribution in [2.45, 2.75) is 39.3 Å². The lowest BCUT2D eigenvalue weighted by molar-refractivity contribution is -0.0169. The molecule has 0 radical (unpaired) electrons. The molecule has 1 aliphatic rings. The molecule has 0 bridgehead atoms. The van der Waals surface area contributed by atoms with Gasteiger partial charge < -0.3 is 14.6 Å². The number of para-hydroxylation sites is 1. The van der Waals surface area contributed by atoms with E-state index in [1.54, 1.807) is 0 Å². The minimum Gasteiger partial charge on any atom is -0.379 e. The van der Waals surface area contributed by atoms with Crippen molar-refractivity contribution in [3.63, 3.8) is 0 Å². The van der Waals surface area contributed by atoms with Crippen LogP contribution in [0.1, 0.15) is 37.6 Å². The zero-order valence-corrected chi connectivity index (χ0v) is 15.5. The van der Waals surface area contributed by atoms with Gasteiger partial charge in [0.2, 0.25) is 0 Å². The van der Waals surface area contributed by atoms with Crippen molar-refractivity contribution in [1.82, 2.24) is 14.8 Å². The summed E-state index contributed by atoms with van der Waals surface area (Å²) in [5.74, 6) is 0.0105. The number of hydrogen-bond donors (Lipinski definition) is 1. The van der Waals surface area contributed by atoms with Crippen LogP contribution in [0.3, 0.4) is 0 Å². The smallest absolute Gasteiger partial charge is 0.253 e. The number of nitrogens with one attached hydrogen (secondary N) is 1. The van der Waals surface area contributed by atoms with Crippen LogP contribution < -0.4 is 5.32 Å². The number of nitrogens with zero attached hydrogens (tertiary/aromatic N) is 2. The molecule has 3 rings (SSSR count). The molecule has 1 amide bonds. The Balaban J connectivity index is 1.76. The number of carbonyl (C=O) groups is 1. The van der Waals surface area contributed by atoms with Crippen LogP contribution in [0.5, 0.6) is 0 Å². The fourth-order valence-electron chi connectivity index (χ4n) is 3.62. The van der Waals surface area contributed by atoms with E-state index in [-0.39, 0.29) is 11.4 Å². The Hall–Kier alpha value is -1.85. The molecular formula is C20H29N3O2. The van der Waals surface area contributed by atoms with Crippen molar-refractivity contribution >= 4 is 16.8 Å². The molecule has 2 heterocycles. The van der Waals surface area contributed by atoms with Gasteiger partial charge in [0.1, 0.15) is 0 Å². The molecule has 1 aromatic carbocycles. The summed E-state index contributed by atoms with van der Waals surface area (Å²) in [7, 11) is 0. The third kappa shape index (κ3) is 3.58. The number of aryl methyl sites for hydroxylation is 1. The van der Waals surface area contributed by atoms with E-state index in [1.807, 2.05) is 24.4 Å². The Bertz CT molecular complexity index is 734. The normalized spacial score (nSPS) is 18.2. The summed E-state index contributed by atoms with van der Waals surface area (Å²) in [5, 5.41) is 4.20. The van der Waals surface area contributed by atoms with E-state index in [0.717, 1.165) is 55.7 Å². The van der Waals surface area contributed by atoms with E-state index in [0.29, 0.717) is 6.54 Å². The first-order chi connectivity index (χ1) is 12.1. The molecule has 1 fully saturated rings. The number of benzene rings is 1. The predicted octanol–water partition coefficient (Wildman–Crippen LogP) is 2.89. The highest BCUT2D eigenvalue weighted by molar-refractivity contribution is 6.07. The van der Waals surface area contributed by atoms with Gasteiger partial charge in [-0.05, 0) is 26.3 Å². The molecule has 1 aromatic heterocycles. The molecule has 5 heteroatoms. The van der Waals surface area contributed by atoms with Crippen molar-refractivity contribution in [2.75, 3.05) is 32.8 Å². The van der Waals surface area contributed by atoms with Gasteiger partial charge in [0, 0.05) is 48.8 Å². The molecule has 0 spiro atoms. The molecule has 0 saturated carbocycles. The van der Waals surface area contributed by atoms with Crippen LogP contribution in [0.15, 0.2) is 30.5 Å². The van der Waals surface area contributed by atoms with Crippen LogP contribution in [0, 0.1) is 0 Å². The highest BCUT2D eigenvalue weighted by atomic mass is 16.5. The maximum absolute atomic E-state index is 12.9. The summed E-state index contributed by atoms with van der Waals surface area (Å²) in [4.78, 5) is 15.3. The standard InChI is InChI=1S/C20H29N3O2/c1-4-20(3,23-10-12-25-13-11-23)15-21-19(24)17-14-22(5-2)18-9-7-6-8-16(17)18/h6-9,14H,4-5,10-13,15H2,1-3H3,(H,21,24)/t20-/m1/s1. The van der Waals surface area contributed by atoms with Crippen molar-refractivity contribution in [3.05, 3.63) is 36.0 Å². The summed E-state index contributed by atoms with van der Waals surface area (Å²) in [6.45, 7) is 11.4. The predicted molar refractivity (Wildman–Crippen MR) is 101 cm³/mol. The fraction of sp³-hybridized carbons (Fsp3) is 0.550. The number of ether oxygens (including phenoxy) is 1. The monoisotopic (exact) mass is 343 g/mol. The second-order valence-corrected chi connectivity index (χ2v) is 6.98. The van der Waals surface area contributed by atoms with Crippen LogP contribution in [0.2, 0.25) is 0 Å². The minimum absolute atomic E-state index is 0.0105. The first-order valence-corrected chi connectivity index (χ1v) is 9.28. The first kappa shape index (κ1) is 18.0. The molecule has 1 aliphatic heterocycles. The molecule has 1 saturated heterocycles. The lowest BCUT2D eigenvalue weighted by Crippen LogP contribution is -2.56. The Morgan fingerprint density at radius 1 is 1.24 bits per heavy atom. The maximum atomic E-state index is 12.9. The zero-order valence-electron chi connectivity index (χ0n) is 15.5. The van der Waals surface area contributed by atoms with E-state index in [1.165, 1.54) is 0 Å². The van der Waals surface area contributed by atoms with Crippen molar-refractivity contribution in [1.29, 1.82) is 0 Å². The largest absolute Gasteiger partial charge is 0.379 e. The summed E-state index contributed by atoms with van der Waals surface area (Å²) >= 11 is 0. The summed E-state index contributed by atoms with van der Waals surface area (Å²) in [5.41, 5.74) is 1.84. The van der Waals surface area contributed by atoms with Gasteiger partial charge in [0.15, 0.2) is 0 Å². The highest BCUT2D eigenvalue weighted by Gasteiger charge is 2.32. The second-order valence-electron chi connectivity index (χ2n) is 6.98. The van der Waals surface area contributed by atoms with Crippen molar-refractivity contribution < 1.29 is 9.53 Å². The third-order valence-corrected chi connectivity index (χ3v) is 5.54. The summed E-state index contributed by atoms with van der Waals surface area (Å²) in [6.07, 6.45) is 2.96. The first-order valence-electron chi connectivity index (χ1n) is 9.28. The molecule has 2 aromatic rings. The number of carbonyl (C=O) groups excluding carboxylic acids is 1. The molecule has 1 N–H and O–H groups in total. The van der Waals surface area contributed by atoms with Gasteiger partial charge in [0.05, 0.1) is 18.8 Å². The van der Waals surface area contributed by atoms with Crippen LogP contribution in [0.25, 0.3) is 10.9 Å². The topological polar surface area (TPSA) is 46.5 Å². The third-order valence-electron chi connectivity index (χ3n) is 5.54. The van der Waals surface area contributed by atoms with E-state index in [2.05, 4.69) is 41.6 Å². The van der Waals surface area contributed by atoms with E-state index in [9.17, 15) is 4.79 Å². The van der Waals surface area contributed by atoms with Gasteiger partial charge >= 0.3 is 0 Å². The molecule has 25 heavy (non-hydrogen) atoms. The lowest BCUT2D eigenvalue weighted by atomic mass is 9.95. The molecule has 0 unspecified atom stereocenters. The minimum atomic E-state index is -0.0391. The maximum Gasteiger partial charge on any atom is 0.253 e. The Kier molecular flexibility index (Phi) is 5.45. The highest BCUT2D eigenvalue weighted by Crippen LogP contribution is 2.23.